The zero-order valence-electron chi connectivity index (χ0n) is 7.83. The fourth-order valence-electron chi connectivity index (χ4n) is 1.85. The lowest BCUT2D eigenvalue weighted by atomic mass is 10.1. The van der Waals surface area contributed by atoms with Gasteiger partial charge in [0, 0.05) is 25.2 Å². The lowest BCUT2D eigenvalue weighted by molar-refractivity contribution is 0.775. The van der Waals surface area contributed by atoms with Gasteiger partial charge in [0.1, 0.15) is 0 Å². The number of hydrogen-bond donors (Lipinski definition) is 0. The van der Waals surface area contributed by atoms with Crippen LogP contribution in [0.2, 0.25) is 0 Å². The van der Waals surface area contributed by atoms with Crippen molar-refractivity contribution < 1.29 is 0 Å². The van der Waals surface area contributed by atoms with Crippen molar-refractivity contribution >= 4 is 5.69 Å². The first-order valence-corrected chi connectivity index (χ1v) is 4.37. The third-order valence-electron chi connectivity index (χ3n) is 2.47. The Hall–Kier alpha value is -1.05. The van der Waals surface area contributed by atoms with Gasteiger partial charge in [0.05, 0.1) is 11.4 Å². The molecule has 0 fully saturated rings. The Morgan fingerprint density at radius 2 is 2.25 bits per heavy atom. The van der Waals surface area contributed by atoms with E-state index in [1.165, 1.54) is 11.4 Å². The first-order valence-electron chi connectivity index (χ1n) is 4.37. The monoisotopic (exact) mass is 162 g/mol. The van der Waals surface area contributed by atoms with Crippen molar-refractivity contribution in [1.29, 1.82) is 0 Å². The van der Waals surface area contributed by atoms with Crippen LogP contribution in [0.1, 0.15) is 24.2 Å². The molecule has 0 spiro atoms. The summed E-state index contributed by atoms with van der Waals surface area (Å²) in [6.07, 6.45) is 0. The fraction of sp³-hybridized carbons (Fsp3) is 0.500. The van der Waals surface area contributed by atoms with E-state index >= 15 is 0 Å². The van der Waals surface area contributed by atoms with Gasteiger partial charge < -0.3 is 4.90 Å². The molecule has 2 rings (SSSR count). The topological polar surface area (TPSA) is 16.1 Å². The van der Waals surface area contributed by atoms with Crippen LogP contribution < -0.4 is 4.90 Å². The predicted molar refractivity (Wildman–Crippen MR) is 50.7 cm³/mol. The number of nitrogens with zero attached hydrogens (tertiary/aromatic N) is 2. The van der Waals surface area contributed by atoms with Crippen LogP contribution in [0.4, 0.5) is 5.69 Å². The summed E-state index contributed by atoms with van der Waals surface area (Å²) in [5.41, 5.74) is 3.68. The molecule has 1 unspecified atom stereocenters. The summed E-state index contributed by atoms with van der Waals surface area (Å²) in [6, 6.07) is 4.24. The number of aryl methyl sites for hydroxylation is 1. The van der Waals surface area contributed by atoms with E-state index in [1.807, 2.05) is 6.92 Å². The van der Waals surface area contributed by atoms with E-state index in [9.17, 15) is 0 Å². The molecule has 2 heterocycles. The van der Waals surface area contributed by atoms with Gasteiger partial charge in [-0.05, 0) is 19.1 Å². The molecular formula is C10H14N2. The van der Waals surface area contributed by atoms with Gasteiger partial charge in [0.15, 0.2) is 0 Å². The lowest BCUT2D eigenvalue weighted by Gasteiger charge is -2.10. The summed E-state index contributed by atoms with van der Waals surface area (Å²) in [6.45, 7) is 5.38. The van der Waals surface area contributed by atoms with Gasteiger partial charge >= 0.3 is 0 Å². The molecule has 1 aromatic rings. The fourth-order valence-corrected chi connectivity index (χ4v) is 1.85. The van der Waals surface area contributed by atoms with Crippen molar-refractivity contribution in [1.82, 2.24) is 4.98 Å². The molecule has 2 nitrogen and oxygen atoms in total. The standard InChI is InChI=1S/C10H14N2/c1-7-6-12(3)9-5-4-8(2)11-10(7)9/h4-5,7H,6H2,1-3H3. The van der Waals surface area contributed by atoms with Crippen LogP contribution in [0.25, 0.3) is 0 Å². The molecule has 0 saturated carbocycles. The number of pyridine rings is 1. The van der Waals surface area contributed by atoms with Gasteiger partial charge in [-0.2, -0.15) is 0 Å². The van der Waals surface area contributed by atoms with Gasteiger partial charge in [-0.15, -0.1) is 0 Å². The number of rotatable bonds is 0. The Morgan fingerprint density at radius 1 is 1.50 bits per heavy atom. The lowest BCUT2D eigenvalue weighted by Crippen LogP contribution is -2.13. The van der Waals surface area contributed by atoms with E-state index < -0.39 is 0 Å². The minimum Gasteiger partial charge on any atom is -0.372 e. The highest BCUT2D eigenvalue weighted by Gasteiger charge is 2.23. The highest BCUT2D eigenvalue weighted by atomic mass is 15.1. The van der Waals surface area contributed by atoms with Crippen LogP contribution in [-0.2, 0) is 0 Å². The minimum absolute atomic E-state index is 0.588. The maximum absolute atomic E-state index is 4.54. The maximum Gasteiger partial charge on any atom is 0.0685 e. The normalized spacial score (nSPS) is 21.2. The van der Waals surface area contributed by atoms with E-state index in [0.717, 1.165) is 12.2 Å². The van der Waals surface area contributed by atoms with E-state index in [0.29, 0.717) is 5.92 Å². The smallest absolute Gasteiger partial charge is 0.0685 e. The second-order valence-electron chi connectivity index (χ2n) is 3.64. The Morgan fingerprint density at radius 3 is 3.00 bits per heavy atom. The van der Waals surface area contributed by atoms with Crippen LogP contribution in [0.5, 0.6) is 0 Å². The maximum atomic E-state index is 4.54. The van der Waals surface area contributed by atoms with Crippen molar-refractivity contribution in [2.75, 3.05) is 18.5 Å². The highest BCUT2D eigenvalue weighted by Crippen LogP contribution is 2.32. The molecule has 1 atom stereocenters. The number of anilines is 1. The summed E-state index contributed by atoms with van der Waals surface area (Å²) in [5, 5.41) is 0. The minimum atomic E-state index is 0.588. The van der Waals surface area contributed by atoms with Gasteiger partial charge in [-0.25, -0.2) is 0 Å². The summed E-state index contributed by atoms with van der Waals surface area (Å²) in [4.78, 5) is 6.81. The first-order chi connectivity index (χ1) is 5.68. The molecule has 1 aliphatic rings. The SMILES string of the molecule is Cc1ccc2c(n1)C(C)CN2C. The second-order valence-corrected chi connectivity index (χ2v) is 3.64. The van der Waals surface area contributed by atoms with E-state index in [1.54, 1.807) is 0 Å². The molecule has 2 heteroatoms. The zero-order chi connectivity index (χ0) is 8.72. The number of likely N-dealkylation sites (N-methyl/N-ethyl adjacent to an activating group) is 1. The summed E-state index contributed by atoms with van der Waals surface area (Å²) < 4.78 is 0. The molecule has 1 aliphatic heterocycles. The number of fused-ring (bicyclic) bond motifs is 1. The van der Waals surface area contributed by atoms with Crippen molar-refractivity contribution in [2.24, 2.45) is 0 Å². The molecule has 0 radical (unpaired) electrons. The van der Waals surface area contributed by atoms with Crippen LogP contribution in [0.15, 0.2) is 12.1 Å². The molecule has 12 heavy (non-hydrogen) atoms. The molecule has 0 amide bonds. The molecule has 0 aromatic carbocycles. The average molecular weight is 162 g/mol. The molecule has 0 aliphatic carbocycles. The Bertz CT molecular complexity index is 307. The Kier molecular flexibility index (Phi) is 1.56. The largest absolute Gasteiger partial charge is 0.372 e. The molecule has 1 aromatic heterocycles. The molecule has 0 N–H and O–H groups in total. The number of aromatic nitrogens is 1. The summed E-state index contributed by atoms with van der Waals surface area (Å²) in [7, 11) is 2.12. The van der Waals surface area contributed by atoms with Gasteiger partial charge in [0.2, 0.25) is 0 Å². The van der Waals surface area contributed by atoms with E-state index in [2.05, 4.69) is 36.0 Å². The van der Waals surface area contributed by atoms with Crippen LogP contribution in [0.3, 0.4) is 0 Å². The second kappa shape index (κ2) is 2.47. The van der Waals surface area contributed by atoms with Crippen molar-refractivity contribution in [3.8, 4) is 0 Å². The van der Waals surface area contributed by atoms with E-state index in [4.69, 9.17) is 0 Å². The Labute approximate surface area is 73.2 Å². The quantitative estimate of drug-likeness (QED) is 0.579. The third-order valence-corrected chi connectivity index (χ3v) is 2.47. The van der Waals surface area contributed by atoms with E-state index in [-0.39, 0.29) is 0 Å². The first kappa shape index (κ1) is 7.59. The molecule has 0 saturated heterocycles. The van der Waals surface area contributed by atoms with Gasteiger partial charge in [-0.1, -0.05) is 6.92 Å². The highest BCUT2D eigenvalue weighted by molar-refractivity contribution is 5.56. The summed E-state index contributed by atoms with van der Waals surface area (Å²) >= 11 is 0. The molecular weight excluding hydrogens is 148 g/mol. The molecule has 64 valence electrons. The van der Waals surface area contributed by atoms with Crippen LogP contribution >= 0.6 is 0 Å². The molecule has 0 bridgehead atoms. The Balaban J connectivity index is 2.53. The van der Waals surface area contributed by atoms with Gasteiger partial charge in [-0.3, -0.25) is 4.98 Å². The average Bonchev–Trinajstić information content (AvgIpc) is 2.28. The van der Waals surface area contributed by atoms with Crippen molar-refractivity contribution in [3.05, 3.63) is 23.5 Å². The third kappa shape index (κ3) is 0.986. The summed E-state index contributed by atoms with van der Waals surface area (Å²) in [5.74, 6) is 0.588. The van der Waals surface area contributed by atoms with Crippen molar-refractivity contribution in [2.45, 2.75) is 19.8 Å². The van der Waals surface area contributed by atoms with Crippen LogP contribution in [-0.4, -0.2) is 18.6 Å². The van der Waals surface area contributed by atoms with Crippen LogP contribution in [0, 0.1) is 6.92 Å². The zero-order valence-corrected chi connectivity index (χ0v) is 7.83. The number of hydrogen-bond acceptors (Lipinski definition) is 2. The predicted octanol–water partition coefficient (Wildman–Crippen LogP) is 1.94. The van der Waals surface area contributed by atoms with Gasteiger partial charge in [0.25, 0.3) is 0 Å². The van der Waals surface area contributed by atoms with Crippen molar-refractivity contribution in [3.63, 3.8) is 0 Å².